The number of aromatic nitrogens is 2. The van der Waals surface area contributed by atoms with Gasteiger partial charge in [0, 0.05) is 35.1 Å². The summed E-state index contributed by atoms with van der Waals surface area (Å²) >= 11 is 2.43. The van der Waals surface area contributed by atoms with Gasteiger partial charge in [-0.05, 0) is 85.0 Å². The summed E-state index contributed by atoms with van der Waals surface area (Å²) in [6.07, 6.45) is 5.77. The molecule has 1 aromatic heterocycles. The second-order valence-electron chi connectivity index (χ2n) is 8.27. The largest absolute Gasteiger partial charge is 0.362 e. The highest BCUT2D eigenvalue weighted by atomic mass is 127. The lowest BCUT2D eigenvalue weighted by molar-refractivity contribution is 0.355. The number of hydrogen-bond donors (Lipinski definition) is 2. The second-order valence-corrected chi connectivity index (χ2v) is 9.43. The number of benzene rings is 2. The van der Waals surface area contributed by atoms with Crippen molar-refractivity contribution in [2.75, 3.05) is 30.9 Å². The summed E-state index contributed by atoms with van der Waals surface area (Å²) < 4.78 is 1.36. The van der Waals surface area contributed by atoms with Crippen LogP contribution in [0.2, 0.25) is 0 Å². The molecule has 3 aromatic rings. The van der Waals surface area contributed by atoms with Crippen LogP contribution in [0.5, 0.6) is 0 Å². The molecular formula is C24H30IN5. The fraction of sp³-hybridized carbons (Fsp3) is 0.417. The average molecular weight is 515 g/mol. The molecular weight excluding hydrogens is 485 g/mol. The van der Waals surface area contributed by atoms with Gasteiger partial charge in [-0.15, -0.1) is 0 Å². The Morgan fingerprint density at radius 2 is 1.63 bits per heavy atom. The highest BCUT2D eigenvalue weighted by Gasteiger charge is 2.22. The first-order valence-electron chi connectivity index (χ1n) is 10.8. The van der Waals surface area contributed by atoms with E-state index in [0.29, 0.717) is 12.1 Å². The van der Waals surface area contributed by atoms with E-state index in [1.54, 1.807) is 0 Å². The third kappa shape index (κ3) is 5.21. The predicted octanol–water partition coefficient (Wildman–Crippen LogP) is 4.86. The number of halogens is 1. The van der Waals surface area contributed by atoms with Gasteiger partial charge in [0.15, 0.2) is 0 Å². The van der Waals surface area contributed by atoms with Gasteiger partial charge in [-0.3, -0.25) is 0 Å². The SMILES string of the molecule is CN(C)c1nc(N[C@H]2CC[C@@H](NCCc3ccccc3I)CC2)nc2ccccc12. The molecule has 2 N–H and O–H groups in total. The molecule has 6 heteroatoms. The highest BCUT2D eigenvalue weighted by Crippen LogP contribution is 2.26. The lowest BCUT2D eigenvalue weighted by atomic mass is 9.91. The van der Waals surface area contributed by atoms with Crippen LogP contribution < -0.4 is 15.5 Å². The fourth-order valence-corrected chi connectivity index (χ4v) is 4.86. The fourth-order valence-electron chi connectivity index (χ4n) is 4.20. The van der Waals surface area contributed by atoms with Crippen molar-refractivity contribution in [2.45, 2.75) is 44.2 Å². The molecule has 1 heterocycles. The molecule has 0 spiro atoms. The number of para-hydroxylation sites is 1. The molecule has 0 amide bonds. The molecule has 1 fully saturated rings. The van der Waals surface area contributed by atoms with Gasteiger partial charge in [0.25, 0.3) is 0 Å². The van der Waals surface area contributed by atoms with Crippen LogP contribution >= 0.6 is 22.6 Å². The van der Waals surface area contributed by atoms with E-state index in [9.17, 15) is 0 Å². The van der Waals surface area contributed by atoms with Gasteiger partial charge in [-0.2, -0.15) is 4.98 Å². The van der Waals surface area contributed by atoms with E-state index < -0.39 is 0 Å². The minimum absolute atomic E-state index is 0.439. The van der Waals surface area contributed by atoms with Crippen LogP contribution in [0.4, 0.5) is 11.8 Å². The summed E-state index contributed by atoms with van der Waals surface area (Å²) in [5, 5.41) is 8.45. The summed E-state index contributed by atoms with van der Waals surface area (Å²) in [5.74, 6) is 1.71. The van der Waals surface area contributed by atoms with Crippen molar-refractivity contribution in [3.63, 3.8) is 0 Å². The Bertz CT molecular complexity index is 982. The highest BCUT2D eigenvalue weighted by molar-refractivity contribution is 14.1. The first kappa shape index (κ1) is 21.3. The van der Waals surface area contributed by atoms with Crippen LogP contribution in [-0.4, -0.2) is 42.7 Å². The lowest BCUT2D eigenvalue weighted by Gasteiger charge is -2.30. The molecule has 4 rings (SSSR count). The van der Waals surface area contributed by atoms with Crippen molar-refractivity contribution < 1.29 is 0 Å². The molecule has 0 atom stereocenters. The van der Waals surface area contributed by atoms with E-state index in [1.165, 1.54) is 22.0 Å². The summed E-state index contributed by atoms with van der Waals surface area (Å²) in [6.45, 7) is 1.04. The topological polar surface area (TPSA) is 53.1 Å². The zero-order valence-electron chi connectivity index (χ0n) is 17.7. The molecule has 1 aliphatic carbocycles. The zero-order valence-corrected chi connectivity index (χ0v) is 19.9. The molecule has 1 aliphatic rings. The number of nitrogens with one attached hydrogen (secondary N) is 2. The van der Waals surface area contributed by atoms with E-state index in [1.807, 2.05) is 26.2 Å². The predicted molar refractivity (Wildman–Crippen MR) is 134 cm³/mol. The molecule has 158 valence electrons. The molecule has 5 nitrogen and oxygen atoms in total. The van der Waals surface area contributed by atoms with Crippen LogP contribution in [0.3, 0.4) is 0 Å². The van der Waals surface area contributed by atoms with Gasteiger partial charge in [0.05, 0.1) is 5.52 Å². The van der Waals surface area contributed by atoms with Crippen LogP contribution in [0.1, 0.15) is 31.2 Å². The summed E-state index contributed by atoms with van der Waals surface area (Å²) in [7, 11) is 4.07. The molecule has 0 aliphatic heterocycles. The first-order chi connectivity index (χ1) is 14.6. The molecule has 0 radical (unpaired) electrons. The van der Waals surface area contributed by atoms with Gasteiger partial charge >= 0.3 is 0 Å². The maximum atomic E-state index is 4.79. The molecule has 2 aromatic carbocycles. The van der Waals surface area contributed by atoms with E-state index in [0.717, 1.165) is 48.5 Å². The number of nitrogens with zero attached hydrogens (tertiary/aromatic N) is 3. The Labute approximate surface area is 192 Å². The van der Waals surface area contributed by atoms with Crippen molar-refractivity contribution in [3.05, 3.63) is 57.7 Å². The van der Waals surface area contributed by atoms with Crippen LogP contribution in [0.25, 0.3) is 10.9 Å². The molecule has 0 saturated heterocycles. The van der Waals surface area contributed by atoms with Crippen LogP contribution in [-0.2, 0) is 6.42 Å². The quantitative estimate of drug-likeness (QED) is 0.441. The number of hydrogen-bond acceptors (Lipinski definition) is 5. The smallest absolute Gasteiger partial charge is 0.225 e. The second kappa shape index (κ2) is 9.92. The zero-order chi connectivity index (χ0) is 20.9. The Morgan fingerprint density at radius 3 is 2.40 bits per heavy atom. The minimum Gasteiger partial charge on any atom is -0.362 e. The minimum atomic E-state index is 0.439. The summed E-state index contributed by atoms with van der Waals surface area (Å²) in [4.78, 5) is 11.6. The van der Waals surface area contributed by atoms with E-state index >= 15 is 0 Å². The lowest BCUT2D eigenvalue weighted by Crippen LogP contribution is -2.38. The number of anilines is 2. The molecule has 1 saturated carbocycles. The van der Waals surface area contributed by atoms with Gasteiger partial charge in [-0.1, -0.05) is 30.3 Å². The standard InChI is InChI=1S/C24H30IN5/c1-30(2)23-20-8-4-6-10-22(20)28-24(29-23)27-19-13-11-18(12-14-19)26-16-15-17-7-3-5-9-21(17)25/h3-10,18-19,26H,11-16H2,1-2H3,(H,27,28,29)/t18-,19+. The van der Waals surface area contributed by atoms with Crippen molar-refractivity contribution in [1.29, 1.82) is 0 Å². The van der Waals surface area contributed by atoms with Crippen molar-refractivity contribution in [2.24, 2.45) is 0 Å². The molecule has 0 unspecified atom stereocenters. The van der Waals surface area contributed by atoms with Crippen molar-refractivity contribution in [1.82, 2.24) is 15.3 Å². The third-order valence-corrected chi connectivity index (χ3v) is 6.90. The maximum Gasteiger partial charge on any atom is 0.225 e. The van der Waals surface area contributed by atoms with Gasteiger partial charge in [-0.25, -0.2) is 4.98 Å². The molecule has 0 bridgehead atoms. The van der Waals surface area contributed by atoms with Gasteiger partial charge < -0.3 is 15.5 Å². The monoisotopic (exact) mass is 515 g/mol. The van der Waals surface area contributed by atoms with Crippen molar-refractivity contribution >= 4 is 45.3 Å². The first-order valence-corrected chi connectivity index (χ1v) is 11.9. The Kier molecular flexibility index (Phi) is 7.04. The number of fused-ring (bicyclic) bond motifs is 1. The summed E-state index contributed by atoms with van der Waals surface area (Å²) in [6, 6.07) is 17.9. The van der Waals surface area contributed by atoms with E-state index in [2.05, 4.69) is 74.5 Å². The van der Waals surface area contributed by atoms with Gasteiger partial charge in [0.1, 0.15) is 5.82 Å². The maximum absolute atomic E-state index is 4.79. The Hall–Kier alpha value is -1.93. The average Bonchev–Trinajstić information content (AvgIpc) is 2.75. The third-order valence-electron chi connectivity index (χ3n) is 5.85. The van der Waals surface area contributed by atoms with Gasteiger partial charge in [0.2, 0.25) is 5.95 Å². The Morgan fingerprint density at radius 1 is 0.933 bits per heavy atom. The van der Waals surface area contributed by atoms with E-state index in [-0.39, 0.29) is 0 Å². The normalized spacial score (nSPS) is 19.0. The van der Waals surface area contributed by atoms with Crippen molar-refractivity contribution in [3.8, 4) is 0 Å². The van der Waals surface area contributed by atoms with E-state index in [4.69, 9.17) is 9.97 Å². The van der Waals surface area contributed by atoms with Crippen LogP contribution in [0.15, 0.2) is 48.5 Å². The molecule has 30 heavy (non-hydrogen) atoms. The van der Waals surface area contributed by atoms with Crippen LogP contribution in [0, 0.1) is 3.57 Å². The number of rotatable bonds is 7. The summed E-state index contributed by atoms with van der Waals surface area (Å²) in [5.41, 5.74) is 2.43. The Balaban J connectivity index is 1.30.